The Labute approximate surface area is 118 Å². The molecule has 0 spiro atoms. The highest BCUT2D eigenvalue weighted by atomic mass is 35.5. The minimum Gasteiger partial charge on any atom is -0.469 e. The summed E-state index contributed by atoms with van der Waals surface area (Å²) in [4.78, 5) is 0. The Morgan fingerprint density at radius 3 is 2.84 bits per heavy atom. The molecule has 1 unspecified atom stereocenters. The Morgan fingerprint density at radius 2 is 2.05 bits per heavy atom. The largest absolute Gasteiger partial charge is 0.469 e. The van der Waals surface area contributed by atoms with Gasteiger partial charge in [-0.2, -0.15) is 0 Å². The van der Waals surface area contributed by atoms with Crippen LogP contribution < -0.4 is 5.32 Å². The highest BCUT2D eigenvalue weighted by Gasteiger charge is 2.23. The van der Waals surface area contributed by atoms with Crippen molar-refractivity contribution in [2.75, 3.05) is 0 Å². The van der Waals surface area contributed by atoms with E-state index in [1.54, 1.807) is 6.26 Å². The molecule has 19 heavy (non-hydrogen) atoms. The maximum absolute atomic E-state index is 5.93. The lowest BCUT2D eigenvalue weighted by Crippen LogP contribution is -2.27. The number of halogens is 1. The van der Waals surface area contributed by atoms with Gasteiger partial charge in [-0.1, -0.05) is 23.7 Å². The summed E-state index contributed by atoms with van der Waals surface area (Å²) in [6.07, 6.45) is 5.23. The standard InChI is InChI=1S/C16H18ClNO/c1-11(12-5-7-13(17)8-6-12)18-15-3-2-4-16-14(15)9-10-19-16/h5-11,15,18H,2-4H2,1H3/t11-,15?/m0/s1. The molecule has 0 fully saturated rings. The Morgan fingerprint density at radius 1 is 1.26 bits per heavy atom. The monoisotopic (exact) mass is 275 g/mol. The Kier molecular flexibility index (Phi) is 3.63. The molecule has 0 saturated heterocycles. The number of nitrogens with one attached hydrogen (secondary N) is 1. The van der Waals surface area contributed by atoms with Gasteiger partial charge in [-0.15, -0.1) is 0 Å². The molecular formula is C16H18ClNO. The number of fused-ring (bicyclic) bond motifs is 1. The van der Waals surface area contributed by atoms with E-state index < -0.39 is 0 Å². The smallest absolute Gasteiger partial charge is 0.108 e. The van der Waals surface area contributed by atoms with Crippen LogP contribution in [0.15, 0.2) is 41.0 Å². The van der Waals surface area contributed by atoms with Crippen LogP contribution in [-0.2, 0) is 6.42 Å². The van der Waals surface area contributed by atoms with E-state index in [0.29, 0.717) is 12.1 Å². The molecule has 0 aliphatic heterocycles. The van der Waals surface area contributed by atoms with Crippen molar-refractivity contribution in [2.24, 2.45) is 0 Å². The van der Waals surface area contributed by atoms with Gasteiger partial charge in [-0.3, -0.25) is 0 Å². The summed E-state index contributed by atoms with van der Waals surface area (Å²) in [7, 11) is 0. The molecule has 2 aromatic rings. The van der Waals surface area contributed by atoms with Crippen LogP contribution >= 0.6 is 11.6 Å². The fraction of sp³-hybridized carbons (Fsp3) is 0.375. The van der Waals surface area contributed by atoms with Crippen molar-refractivity contribution in [1.82, 2.24) is 5.32 Å². The molecule has 3 rings (SSSR count). The molecule has 1 aliphatic rings. The van der Waals surface area contributed by atoms with Crippen LogP contribution in [0.2, 0.25) is 5.02 Å². The summed E-state index contributed by atoms with van der Waals surface area (Å²) >= 11 is 5.93. The molecule has 100 valence electrons. The summed E-state index contributed by atoms with van der Waals surface area (Å²) < 4.78 is 5.53. The minimum absolute atomic E-state index is 0.308. The number of furan rings is 1. The van der Waals surface area contributed by atoms with E-state index in [1.165, 1.54) is 24.0 Å². The van der Waals surface area contributed by atoms with Gasteiger partial charge >= 0.3 is 0 Å². The molecule has 0 amide bonds. The first-order chi connectivity index (χ1) is 9.24. The van der Waals surface area contributed by atoms with E-state index in [4.69, 9.17) is 16.0 Å². The average molecular weight is 276 g/mol. The van der Waals surface area contributed by atoms with Gasteiger partial charge in [0.15, 0.2) is 0 Å². The summed E-state index contributed by atoms with van der Waals surface area (Å²) in [5, 5.41) is 4.48. The molecular weight excluding hydrogens is 258 g/mol. The minimum atomic E-state index is 0.308. The summed E-state index contributed by atoms with van der Waals surface area (Å²) in [6, 6.07) is 10.9. The van der Waals surface area contributed by atoms with Crippen LogP contribution in [-0.4, -0.2) is 0 Å². The summed E-state index contributed by atoms with van der Waals surface area (Å²) in [5.74, 6) is 1.15. The zero-order valence-corrected chi connectivity index (χ0v) is 11.8. The molecule has 3 heteroatoms. The normalized spacial score (nSPS) is 20.0. The van der Waals surface area contributed by atoms with Gasteiger partial charge in [0.2, 0.25) is 0 Å². The van der Waals surface area contributed by atoms with Gasteiger partial charge in [-0.05, 0) is 43.5 Å². The van der Waals surface area contributed by atoms with Crippen molar-refractivity contribution >= 4 is 11.6 Å². The van der Waals surface area contributed by atoms with E-state index >= 15 is 0 Å². The topological polar surface area (TPSA) is 25.2 Å². The van der Waals surface area contributed by atoms with Crippen LogP contribution in [0.25, 0.3) is 0 Å². The van der Waals surface area contributed by atoms with Crippen molar-refractivity contribution in [3.8, 4) is 0 Å². The Balaban J connectivity index is 1.74. The third kappa shape index (κ3) is 2.70. The molecule has 1 aromatic carbocycles. The van der Waals surface area contributed by atoms with Gasteiger partial charge in [0.1, 0.15) is 5.76 Å². The van der Waals surface area contributed by atoms with Crippen LogP contribution in [0.1, 0.15) is 48.7 Å². The van der Waals surface area contributed by atoms with Crippen LogP contribution in [0, 0.1) is 0 Å². The molecule has 2 atom stereocenters. The number of benzene rings is 1. The predicted molar refractivity (Wildman–Crippen MR) is 77.4 cm³/mol. The highest BCUT2D eigenvalue weighted by molar-refractivity contribution is 6.30. The molecule has 2 nitrogen and oxygen atoms in total. The van der Waals surface area contributed by atoms with Gasteiger partial charge in [0.05, 0.1) is 6.26 Å². The lowest BCUT2D eigenvalue weighted by molar-refractivity contribution is 0.386. The molecule has 1 aliphatic carbocycles. The van der Waals surface area contributed by atoms with E-state index in [-0.39, 0.29) is 0 Å². The lowest BCUT2D eigenvalue weighted by Gasteiger charge is -2.26. The molecule has 1 heterocycles. The number of hydrogen-bond acceptors (Lipinski definition) is 2. The second kappa shape index (κ2) is 5.40. The third-order valence-electron chi connectivity index (χ3n) is 3.87. The maximum atomic E-state index is 5.93. The fourth-order valence-corrected chi connectivity index (χ4v) is 2.93. The van der Waals surface area contributed by atoms with Gasteiger partial charge in [0, 0.05) is 29.1 Å². The molecule has 0 saturated carbocycles. The van der Waals surface area contributed by atoms with Crippen molar-refractivity contribution in [3.63, 3.8) is 0 Å². The van der Waals surface area contributed by atoms with E-state index in [0.717, 1.165) is 17.2 Å². The molecule has 0 bridgehead atoms. The van der Waals surface area contributed by atoms with Crippen LogP contribution in [0.4, 0.5) is 0 Å². The van der Waals surface area contributed by atoms with Crippen molar-refractivity contribution in [1.29, 1.82) is 0 Å². The maximum Gasteiger partial charge on any atom is 0.108 e. The quantitative estimate of drug-likeness (QED) is 0.881. The van der Waals surface area contributed by atoms with E-state index in [1.807, 2.05) is 12.1 Å². The van der Waals surface area contributed by atoms with Gasteiger partial charge in [0.25, 0.3) is 0 Å². The first-order valence-electron chi connectivity index (χ1n) is 6.82. The van der Waals surface area contributed by atoms with E-state index in [9.17, 15) is 0 Å². The first-order valence-corrected chi connectivity index (χ1v) is 7.19. The predicted octanol–water partition coefficient (Wildman–Crippen LogP) is 4.66. The van der Waals surface area contributed by atoms with Gasteiger partial charge < -0.3 is 9.73 Å². The Bertz CT molecular complexity index is 546. The zero-order chi connectivity index (χ0) is 13.2. The fourth-order valence-electron chi connectivity index (χ4n) is 2.81. The number of aryl methyl sites for hydroxylation is 1. The third-order valence-corrected chi connectivity index (χ3v) is 4.13. The average Bonchev–Trinajstić information content (AvgIpc) is 2.89. The number of rotatable bonds is 3. The second-order valence-corrected chi connectivity index (χ2v) is 5.62. The van der Waals surface area contributed by atoms with Crippen molar-refractivity contribution in [3.05, 3.63) is 58.5 Å². The van der Waals surface area contributed by atoms with Crippen LogP contribution in [0.3, 0.4) is 0 Å². The molecule has 1 aromatic heterocycles. The zero-order valence-electron chi connectivity index (χ0n) is 11.0. The van der Waals surface area contributed by atoms with Crippen molar-refractivity contribution in [2.45, 2.75) is 38.3 Å². The van der Waals surface area contributed by atoms with E-state index in [2.05, 4.69) is 30.4 Å². The summed E-state index contributed by atoms with van der Waals surface area (Å²) in [6.45, 7) is 2.19. The molecule has 1 N–H and O–H groups in total. The van der Waals surface area contributed by atoms with Crippen molar-refractivity contribution < 1.29 is 4.42 Å². The Hall–Kier alpha value is -1.25. The van der Waals surface area contributed by atoms with Gasteiger partial charge in [-0.25, -0.2) is 0 Å². The highest BCUT2D eigenvalue weighted by Crippen LogP contribution is 2.32. The summed E-state index contributed by atoms with van der Waals surface area (Å²) in [5.41, 5.74) is 2.59. The number of hydrogen-bond donors (Lipinski definition) is 1. The van der Waals surface area contributed by atoms with Crippen LogP contribution in [0.5, 0.6) is 0 Å². The first kappa shape index (κ1) is 12.8. The SMILES string of the molecule is C[C@H](NC1CCCc2occc21)c1ccc(Cl)cc1. The second-order valence-electron chi connectivity index (χ2n) is 5.18. The lowest BCUT2D eigenvalue weighted by atomic mass is 9.92. The molecule has 0 radical (unpaired) electrons.